The number of rotatable bonds is 0. The first-order valence-electron chi connectivity index (χ1n) is 3.69. The molecular formula is C7H14ClNO. The molecule has 2 rings (SSSR count). The molecule has 2 fully saturated rings. The van der Waals surface area contributed by atoms with E-state index >= 15 is 0 Å². The molecule has 0 aliphatic heterocycles. The highest BCUT2D eigenvalue weighted by molar-refractivity contribution is 5.85. The summed E-state index contributed by atoms with van der Waals surface area (Å²) in [7, 11) is 0. The van der Waals surface area contributed by atoms with Gasteiger partial charge in [-0.15, -0.1) is 12.4 Å². The maximum absolute atomic E-state index is 9.31. The van der Waals surface area contributed by atoms with Crippen LogP contribution in [0.15, 0.2) is 0 Å². The van der Waals surface area contributed by atoms with Crippen LogP contribution in [0.3, 0.4) is 0 Å². The van der Waals surface area contributed by atoms with Gasteiger partial charge in [0.25, 0.3) is 0 Å². The van der Waals surface area contributed by atoms with E-state index in [2.05, 4.69) is 0 Å². The lowest BCUT2D eigenvalue weighted by Gasteiger charge is -2.58. The molecule has 1 spiro atoms. The van der Waals surface area contributed by atoms with Gasteiger partial charge in [0.05, 0.1) is 6.10 Å². The average molecular weight is 164 g/mol. The first kappa shape index (κ1) is 8.31. The Kier molecular flexibility index (Phi) is 1.96. The summed E-state index contributed by atoms with van der Waals surface area (Å²) in [6, 6.07) is 0.307. The van der Waals surface area contributed by atoms with Gasteiger partial charge in [0, 0.05) is 11.5 Å². The summed E-state index contributed by atoms with van der Waals surface area (Å²) in [6.07, 6.45) is 4.36. The second kappa shape index (κ2) is 2.36. The second-order valence-electron chi connectivity index (χ2n) is 3.44. The quantitative estimate of drug-likeness (QED) is 0.552. The minimum absolute atomic E-state index is 0. The van der Waals surface area contributed by atoms with E-state index < -0.39 is 0 Å². The Bertz CT molecular complexity index is 126. The van der Waals surface area contributed by atoms with Crippen LogP contribution in [0.2, 0.25) is 0 Å². The van der Waals surface area contributed by atoms with Crippen molar-refractivity contribution in [1.82, 2.24) is 0 Å². The summed E-state index contributed by atoms with van der Waals surface area (Å²) in [4.78, 5) is 0. The van der Waals surface area contributed by atoms with E-state index in [0.29, 0.717) is 6.04 Å². The van der Waals surface area contributed by atoms with Gasteiger partial charge < -0.3 is 10.8 Å². The lowest BCUT2D eigenvalue weighted by Crippen LogP contribution is -2.64. The fourth-order valence-electron chi connectivity index (χ4n) is 2.09. The van der Waals surface area contributed by atoms with Crippen molar-refractivity contribution < 1.29 is 5.11 Å². The van der Waals surface area contributed by atoms with Crippen LogP contribution >= 0.6 is 12.4 Å². The highest BCUT2D eigenvalue weighted by Crippen LogP contribution is 2.54. The topological polar surface area (TPSA) is 46.2 Å². The zero-order valence-corrected chi connectivity index (χ0v) is 6.73. The lowest BCUT2D eigenvalue weighted by atomic mass is 9.51. The molecule has 2 aliphatic rings. The third-order valence-electron chi connectivity index (χ3n) is 3.16. The zero-order valence-electron chi connectivity index (χ0n) is 5.92. The Morgan fingerprint density at radius 2 is 2.00 bits per heavy atom. The van der Waals surface area contributed by atoms with Gasteiger partial charge in [-0.05, 0) is 19.3 Å². The molecule has 0 bridgehead atoms. The van der Waals surface area contributed by atoms with E-state index in [9.17, 15) is 5.11 Å². The molecule has 0 aromatic heterocycles. The Morgan fingerprint density at radius 3 is 2.10 bits per heavy atom. The first-order chi connectivity index (χ1) is 4.26. The van der Waals surface area contributed by atoms with Crippen molar-refractivity contribution >= 4 is 12.4 Å². The van der Waals surface area contributed by atoms with Gasteiger partial charge in [0.1, 0.15) is 0 Å². The minimum atomic E-state index is -0.0683. The summed E-state index contributed by atoms with van der Waals surface area (Å²) < 4.78 is 0. The van der Waals surface area contributed by atoms with Crippen molar-refractivity contribution in [3.63, 3.8) is 0 Å². The number of hydrogen-bond acceptors (Lipinski definition) is 2. The Morgan fingerprint density at radius 1 is 1.40 bits per heavy atom. The monoisotopic (exact) mass is 163 g/mol. The molecule has 2 aliphatic carbocycles. The maximum Gasteiger partial charge on any atom is 0.0626 e. The van der Waals surface area contributed by atoms with Crippen LogP contribution in [0, 0.1) is 5.41 Å². The molecule has 2 nitrogen and oxygen atoms in total. The van der Waals surface area contributed by atoms with E-state index in [0.717, 1.165) is 19.3 Å². The molecule has 0 radical (unpaired) electrons. The third kappa shape index (κ3) is 0.728. The highest BCUT2D eigenvalue weighted by Gasteiger charge is 2.55. The van der Waals surface area contributed by atoms with Crippen molar-refractivity contribution in [2.24, 2.45) is 11.1 Å². The molecule has 60 valence electrons. The van der Waals surface area contributed by atoms with Crippen LogP contribution in [0.25, 0.3) is 0 Å². The normalized spacial score (nSPS) is 41.4. The molecule has 0 saturated heterocycles. The SMILES string of the molecule is Cl.N[C@@H]1C[C@H](O)C12CCC2. The molecular weight excluding hydrogens is 150 g/mol. The van der Waals surface area contributed by atoms with Gasteiger partial charge in [-0.25, -0.2) is 0 Å². The Labute approximate surface area is 67.2 Å². The van der Waals surface area contributed by atoms with Crippen LogP contribution in [0.4, 0.5) is 0 Å². The molecule has 3 heteroatoms. The van der Waals surface area contributed by atoms with Crippen molar-refractivity contribution in [2.75, 3.05) is 0 Å². The fraction of sp³-hybridized carbons (Fsp3) is 1.00. The summed E-state index contributed by atoms with van der Waals surface area (Å²) in [6.45, 7) is 0. The number of halogens is 1. The van der Waals surface area contributed by atoms with Crippen LogP contribution < -0.4 is 5.73 Å². The summed E-state index contributed by atoms with van der Waals surface area (Å²) in [5, 5.41) is 9.31. The molecule has 0 unspecified atom stereocenters. The third-order valence-corrected chi connectivity index (χ3v) is 3.16. The standard InChI is InChI=1S/C7H13NO.ClH/c8-5-4-6(9)7(5)2-1-3-7;/h5-6,9H,1-4,8H2;1H/t5-,6+;/m1./s1. The summed E-state index contributed by atoms with van der Waals surface area (Å²) >= 11 is 0. The van der Waals surface area contributed by atoms with Crippen molar-refractivity contribution in [3.05, 3.63) is 0 Å². The Balaban J connectivity index is 0.000000500. The average Bonchev–Trinajstić information content (AvgIpc) is 1.60. The van der Waals surface area contributed by atoms with Gasteiger partial charge in [0.2, 0.25) is 0 Å². The number of hydrogen-bond donors (Lipinski definition) is 2. The molecule has 2 saturated carbocycles. The fourth-order valence-corrected chi connectivity index (χ4v) is 2.09. The zero-order chi connectivity index (χ0) is 6.48. The highest BCUT2D eigenvalue weighted by atomic mass is 35.5. The second-order valence-corrected chi connectivity index (χ2v) is 3.44. The van der Waals surface area contributed by atoms with Gasteiger partial charge in [-0.1, -0.05) is 6.42 Å². The molecule has 10 heavy (non-hydrogen) atoms. The van der Waals surface area contributed by atoms with Gasteiger partial charge in [0.15, 0.2) is 0 Å². The van der Waals surface area contributed by atoms with Crippen LogP contribution in [-0.2, 0) is 0 Å². The molecule has 3 N–H and O–H groups in total. The smallest absolute Gasteiger partial charge is 0.0626 e. The lowest BCUT2D eigenvalue weighted by molar-refractivity contribution is -0.133. The van der Waals surface area contributed by atoms with E-state index in [1.807, 2.05) is 0 Å². The predicted octanol–water partition coefficient (Wildman–Crippen LogP) is 0.670. The van der Waals surface area contributed by atoms with Crippen LogP contribution in [-0.4, -0.2) is 17.3 Å². The molecule has 0 amide bonds. The molecule has 0 aromatic rings. The summed E-state index contributed by atoms with van der Waals surface area (Å²) in [5.74, 6) is 0. The maximum atomic E-state index is 9.31. The van der Waals surface area contributed by atoms with Crippen LogP contribution in [0.1, 0.15) is 25.7 Å². The van der Waals surface area contributed by atoms with Gasteiger partial charge >= 0.3 is 0 Å². The van der Waals surface area contributed by atoms with Gasteiger partial charge in [-0.3, -0.25) is 0 Å². The number of nitrogens with two attached hydrogens (primary N) is 1. The summed E-state index contributed by atoms with van der Waals surface area (Å²) in [5.41, 5.74) is 5.94. The van der Waals surface area contributed by atoms with Crippen molar-refractivity contribution in [2.45, 2.75) is 37.8 Å². The predicted molar refractivity (Wildman–Crippen MR) is 42.1 cm³/mol. The van der Waals surface area contributed by atoms with Crippen LogP contribution in [0.5, 0.6) is 0 Å². The van der Waals surface area contributed by atoms with Crippen molar-refractivity contribution in [3.8, 4) is 0 Å². The van der Waals surface area contributed by atoms with E-state index in [4.69, 9.17) is 5.73 Å². The van der Waals surface area contributed by atoms with E-state index in [1.165, 1.54) is 6.42 Å². The molecule has 2 atom stereocenters. The largest absolute Gasteiger partial charge is 0.392 e. The molecule has 0 aromatic carbocycles. The van der Waals surface area contributed by atoms with E-state index in [1.54, 1.807) is 0 Å². The Hall–Kier alpha value is 0.210. The van der Waals surface area contributed by atoms with Crippen molar-refractivity contribution in [1.29, 1.82) is 0 Å². The minimum Gasteiger partial charge on any atom is -0.392 e. The van der Waals surface area contributed by atoms with Gasteiger partial charge in [-0.2, -0.15) is 0 Å². The first-order valence-corrected chi connectivity index (χ1v) is 3.69. The molecule has 0 heterocycles. The number of aliphatic hydroxyl groups excluding tert-OH is 1. The number of aliphatic hydroxyl groups is 1. The van der Waals surface area contributed by atoms with E-state index in [-0.39, 0.29) is 23.9 Å².